The van der Waals surface area contributed by atoms with E-state index in [1.807, 2.05) is 0 Å². The Morgan fingerprint density at radius 1 is 0.560 bits per heavy atom. The maximum atomic E-state index is 2.21. The van der Waals surface area contributed by atoms with Gasteiger partial charge in [-0.15, -0.1) is 0 Å². The first-order valence-corrected chi connectivity index (χ1v) is 7.51. The third-order valence-electron chi connectivity index (χ3n) is 4.32. The van der Waals surface area contributed by atoms with Crippen molar-refractivity contribution in [1.29, 1.82) is 0 Å². The fourth-order valence-corrected chi connectivity index (χ4v) is 3.22. The van der Waals surface area contributed by atoms with Crippen LogP contribution in [0.2, 0.25) is 0 Å². The average molecular weight is 558 g/mol. The Kier molecular flexibility index (Phi) is 7.70. The molecule has 0 saturated heterocycles. The molecule has 4 rings (SSSR count). The van der Waals surface area contributed by atoms with Gasteiger partial charge in [0.25, 0.3) is 11.4 Å². The van der Waals surface area contributed by atoms with Crippen LogP contribution in [0, 0.1) is 0 Å². The second-order valence-corrected chi connectivity index (χ2v) is 5.73. The monoisotopic (exact) mass is 558 g/mol. The fourth-order valence-electron chi connectivity index (χ4n) is 3.22. The number of pyridine rings is 2. The van der Waals surface area contributed by atoms with Crippen LogP contribution in [-0.2, 0) is 14.1 Å². The number of aryl methyl sites for hydroxylation is 2. The maximum absolute atomic E-state index is 2.21. The van der Waals surface area contributed by atoms with Gasteiger partial charge in [0, 0.05) is 12.1 Å². The molecule has 0 atom stereocenters. The summed E-state index contributed by atoms with van der Waals surface area (Å²) in [4.78, 5) is 0. The van der Waals surface area contributed by atoms with Crippen molar-refractivity contribution in [2.45, 2.75) is 0 Å². The first-order chi connectivity index (χ1) is 10.8. The van der Waals surface area contributed by atoms with E-state index in [1.54, 1.807) is 0 Å². The van der Waals surface area contributed by atoms with Crippen molar-refractivity contribution in [3.63, 3.8) is 0 Å². The number of hydrogen-bond acceptors (Lipinski definition) is 0. The number of benzene rings is 2. The van der Waals surface area contributed by atoms with Crippen LogP contribution in [0.4, 0.5) is 0 Å². The highest BCUT2D eigenvalue weighted by atomic mass is 127. The van der Waals surface area contributed by atoms with Crippen LogP contribution in [-0.4, -0.2) is 5.48 Å². The van der Waals surface area contributed by atoms with Gasteiger partial charge in [0.15, 0.2) is 12.4 Å². The highest BCUT2D eigenvalue weighted by Crippen LogP contribution is 2.28. The summed E-state index contributed by atoms with van der Waals surface area (Å²) in [5.41, 5.74) is 2.50. The fraction of sp³-hybridized carbons (Fsp3) is 0.100. The number of hydrogen-bond donors (Lipinski definition) is 0. The lowest BCUT2D eigenvalue weighted by Crippen LogP contribution is -3.00. The lowest BCUT2D eigenvalue weighted by atomic mass is 10.0. The predicted octanol–water partition coefficient (Wildman–Crippen LogP) is -3.51. The highest BCUT2D eigenvalue weighted by molar-refractivity contribution is 5.99. The number of aromatic nitrogens is 2. The number of fused-ring (bicyclic) bond motifs is 2. The van der Waals surface area contributed by atoms with E-state index in [0.717, 1.165) is 0 Å². The summed E-state index contributed by atoms with van der Waals surface area (Å²) >= 11 is 0. The summed E-state index contributed by atoms with van der Waals surface area (Å²) in [6.45, 7) is 0. The molecule has 0 bridgehead atoms. The number of halogens is 2. The van der Waals surface area contributed by atoms with Crippen molar-refractivity contribution < 1.29 is 62.6 Å². The molecule has 130 valence electrons. The molecular formula is C20H20I2N2O. The van der Waals surface area contributed by atoms with Crippen molar-refractivity contribution in [3.8, 4) is 11.4 Å². The molecule has 0 saturated carbocycles. The Bertz CT molecular complexity index is 936. The molecule has 25 heavy (non-hydrogen) atoms. The van der Waals surface area contributed by atoms with Crippen molar-refractivity contribution in [2.24, 2.45) is 14.1 Å². The van der Waals surface area contributed by atoms with Gasteiger partial charge in [-0.1, -0.05) is 36.4 Å². The summed E-state index contributed by atoms with van der Waals surface area (Å²) in [6.07, 6.45) is 4.28. The van der Waals surface area contributed by atoms with E-state index >= 15 is 0 Å². The molecular weight excluding hydrogens is 538 g/mol. The Hall–Kier alpha value is -1.32. The lowest BCUT2D eigenvalue weighted by molar-refractivity contribution is -0.688. The molecule has 0 unspecified atom stereocenters. The van der Waals surface area contributed by atoms with E-state index in [-0.39, 0.29) is 53.4 Å². The zero-order chi connectivity index (χ0) is 15.1. The van der Waals surface area contributed by atoms with Gasteiger partial charge in [-0.2, -0.15) is 9.13 Å². The van der Waals surface area contributed by atoms with Crippen LogP contribution in [0.15, 0.2) is 73.1 Å². The summed E-state index contributed by atoms with van der Waals surface area (Å²) in [5, 5.41) is 5.09. The Morgan fingerprint density at radius 3 is 1.32 bits per heavy atom. The molecule has 0 aliphatic carbocycles. The van der Waals surface area contributed by atoms with Crippen molar-refractivity contribution in [2.75, 3.05) is 0 Å². The molecule has 0 fully saturated rings. The highest BCUT2D eigenvalue weighted by Gasteiger charge is 2.25. The summed E-state index contributed by atoms with van der Waals surface area (Å²) in [6, 6.07) is 21.5. The normalized spacial score (nSPS) is 9.84. The first-order valence-electron chi connectivity index (χ1n) is 7.51. The van der Waals surface area contributed by atoms with Crippen LogP contribution in [0.5, 0.6) is 0 Å². The van der Waals surface area contributed by atoms with Gasteiger partial charge in [-0.3, -0.25) is 0 Å². The molecule has 2 aromatic carbocycles. The van der Waals surface area contributed by atoms with Gasteiger partial charge >= 0.3 is 0 Å². The van der Waals surface area contributed by atoms with Gasteiger partial charge in [-0.25, -0.2) is 0 Å². The predicted molar refractivity (Wildman–Crippen MR) is 92.9 cm³/mol. The molecule has 5 heteroatoms. The van der Waals surface area contributed by atoms with Gasteiger partial charge in [0.1, 0.15) is 14.1 Å². The van der Waals surface area contributed by atoms with Gasteiger partial charge in [0.05, 0.1) is 10.8 Å². The molecule has 0 spiro atoms. The molecule has 3 nitrogen and oxygen atoms in total. The van der Waals surface area contributed by atoms with E-state index in [2.05, 4.69) is 96.3 Å². The molecule has 0 aliphatic heterocycles. The van der Waals surface area contributed by atoms with E-state index in [4.69, 9.17) is 0 Å². The zero-order valence-electron chi connectivity index (χ0n) is 14.1. The molecule has 2 N–H and O–H groups in total. The van der Waals surface area contributed by atoms with Crippen LogP contribution in [0.25, 0.3) is 32.9 Å². The van der Waals surface area contributed by atoms with E-state index in [9.17, 15) is 0 Å². The maximum Gasteiger partial charge on any atom is 0.285 e. The average Bonchev–Trinajstić information content (AvgIpc) is 2.56. The van der Waals surface area contributed by atoms with Crippen LogP contribution >= 0.6 is 0 Å². The molecule has 4 aromatic rings. The number of nitrogens with zero attached hydrogens (tertiary/aromatic N) is 2. The largest absolute Gasteiger partial charge is 1.00 e. The van der Waals surface area contributed by atoms with E-state index in [0.29, 0.717) is 0 Å². The minimum atomic E-state index is 0. The third kappa shape index (κ3) is 3.78. The van der Waals surface area contributed by atoms with Crippen molar-refractivity contribution in [3.05, 3.63) is 73.1 Å². The summed E-state index contributed by atoms with van der Waals surface area (Å²) in [5.74, 6) is 0. The SMILES string of the molecule is C[n+]1ccc2ccccc2c1-c1c2ccccc2cc[n+]1C.O.[I-].[I-]. The minimum absolute atomic E-state index is 0. The van der Waals surface area contributed by atoms with Crippen LogP contribution in [0.3, 0.4) is 0 Å². The molecule has 0 radical (unpaired) electrons. The molecule has 2 aromatic heterocycles. The molecule has 2 heterocycles. The second kappa shape index (κ2) is 8.86. The van der Waals surface area contributed by atoms with Gasteiger partial charge < -0.3 is 53.4 Å². The Balaban J connectivity index is 0.00000104. The minimum Gasteiger partial charge on any atom is -1.00 e. The third-order valence-corrected chi connectivity index (χ3v) is 4.32. The molecule has 0 aliphatic rings. The van der Waals surface area contributed by atoms with Gasteiger partial charge in [0.2, 0.25) is 0 Å². The van der Waals surface area contributed by atoms with Crippen molar-refractivity contribution >= 4 is 21.5 Å². The molecule has 0 amide bonds. The summed E-state index contributed by atoms with van der Waals surface area (Å²) in [7, 11) is 4.23. The van der Waals surface area contributed by atoms with Crippen molar-refractivity contribution in [1.82, 2.24) is 0 Å². The van der Waals surface area contributed by atoms with E-state index in [1.165, 1.54) is 32.9 Å². The Morgan fingerprint density at radius 2 is 0.920 bits per heavy atom. The quantitative estimate of drug-likeness (QED) is 0.172. The standard InChI is InChI=1S/C20H18N2.2HI.H2O/c1-21-13-11-15-7-3-5-9-17(15)19(21)20-18-10-6-4-8-16(18)12-14-22(20)2;;;/h3-14H,1-2H3;2*1H;1H2/q+2;;;/p-2. The second-order valence-electron chi connectivity index (χ2n) is 5.73. The summed E-state index contributed by atoms with van der Waals surface area (Å²) < 4.78 is 4.42. The van der Waals surface area contributed by atoms with Crippen LogP contribution in [0.1, 0.15) is 0 Å². The van der Waals surface area contributed by atoms with E-state index < -0.39 is 0 Å². The Labute approximate surface area is 181 Å². The lowest BCUT2D eigenvalue weighted by Gasteiger charge is -2.06. The van der Waals surface area contributed by atoms with Gasteiger partial charge in [-0.05, 0) is 22.9 Å². The first kappa shape index (κ1) is 21.7. The number of rotatable bonds is 1. The smallest absolute Gasteiger partial charge is 0.285 e. The van der Waals surface area contributed by atoms with Crippen LogP contribution < -0.4 is 57.1 Å². The topological polar surface area (TPSA) is 39.3 Å². The zero-order valence-corrected chi connectivity index (χ0v) is 18.4.